The molecule has 4 nitrogen and oxygen atoms in total. The van der Waals surface area contributed by atoms with E-state index in [9.17, 15) is 5.11 Å². The summed E-state index contributed by atoms with van der Waals surface area (Å²) in [6.07, 6.45) is -0.258. The van der Waals surface area contributed by atoms with Gasteiger partial charge in [0.1, 0.15) is 0 Å². The van der Waals surface area contributed by atoms with Gasteiger partial charge in [-0.05, 0) is 45.9 Å². The highest BCUT2D eigenvalue weighted by Gasteiger charge is 2.10. The topological polar surface area (TPSA) is 41.9 Å². The van der Waals surface area contributed by atoms with Crippen molar-refractivity contribution >= 4 is 0 Å². The zero-order valence-corrected chi connectivity index (χ0v) is 14.6. The number of likely N-dealkylation sites (N-methyl/N-ethyl adjacent to an activating group) is 1. The predicted octanol–water partition coefficient (Wildman–Crippen LogP) is 2.54. The van der Waals surface area contributed by atoms with E-state index in [0.717, 1.165) is 6.54 Å². The number of aryl methyl sites for hydroxylation is 2. The molecule has 1 aromatic rings. The largest absolute Gasteiger partial charge is 0.389 e. The van der Waals surface area contributed by atoms with E-state index < -0.39 is 6.10 Å². The molecule has 0 saturated heterocycles. The maximum absolute atomic E-state index is 10.0. The number of ether oxygens (including phenoxy) is 2. The van der Waals surface area contributed by atoms with Crippen molar-refractivity contribution in [1.29, 1.82) is 0 Å². The quantitative estimate of drug-likeness (QED) is 0.675. The first-order valence-corrected chi connectivity index (χ1v) is 8.00. The highest BCUT2D eigenvalue weighted by Crippen LogP contribution is 2.12. The summed E-state index contributed by atoms with van der Waals surface area (Å²) in [7, 11) is 2.02. The molecular formula is C18H31NO3. The van der Waals surface area contributed by atoms with Gasteiger partial charge in [0.25, 0.3) is 0 Å². The molecule has 22 heavy (non-hydrogen) atoms. The first kappa shape index (κ1) is 19.1. The monoisotopic (exact) mass is 309 g/mol. The molecule has 4 heteroatoms. The maximum Gasteiger partial charge on any atom is 0.0900 e. The summed E-state index contributed by atoms with van der Waals surface area (Å²) in [6, 6.07) is 6.48. The minimum atomic E-state index is -0.478. The lowest BCUT2D eigenvalue weighted by atomic mass is 10.1. The van der Waals surface area contributed by atoms with Crippen molar-refractivity contribution in [3.05, 3.63) is 34.9 Å². The first-order chi connectivity index (χ1) is 10.4. The van der Waals surface area contributed by atoms with E-state index in [-0.39, 0.29) is 6.10 Å². The van der Waals surface area contributed by atoms with Crippen LogP contribution < -0.4 is 0 Å². The average molecular weight is 309 g/mol. The Balaban J connectivity index is 2.26. The van der Waals surface area contributed by atoms with Gasteiger partial charge in [0, 0.05) is 13.1 Å². The third kappa shape index (κ3) is 7.90. The van der Waals surface area contributed by atoms with Crippen molar-refractivity contribution < 1.29 is 14.6 Å². The van der Waals surface area contributed by atoms with Crippen LogP contribution in [0.5, 0.6) is 0 Å². The molecule has 0 fully saturated rings. The van der Waals surface area contributed by atoms with Gasteiger partial charge in [-0.2, -0.15) is 0 Å². The van der Waals surface area contributed by atoms with E-state index in [4.69, 9.17) is 9.47 Å². The van der Waals surface area contributed by atoms with Crippen LogP contribution >= 0.6 is 0 Å². The van der Waals surface area contributed by atoms with Crippen LogP contribution in [-0.4, -0.2) is 55.6 Å². The molecule has 0 amide bonds. The number of nitrogens with zero attached hydrogens (tertiary/aromatic N) is 1. The molecule has 0 heterocycles. The van der Waals surface area contributed by atoms with Crippen LogP contribution in [0.3, 0.4) is 0 Å². The summed E-state index contributed by atoms with van der Waals surface area (Å²) in [5, 5.41) is 10.0. The maximum atomic E-state index is 10.0. The first-order valence-electron chi connectivity index (χ1n) is 8.00. The fourth-order valence-corrected chi connectivity index (χ4v) is 2.30. The van der Waals surface area contributed by atoms with Crippen LogP contribution in [0.2, 0.25) is 0 Å². The summed E-state index contributed by atoms with van der Waals surface area (Å²) in [6.45, 7) is 11.1. The van der Waals surface area contributed by atoms with Crippen molar-refractivity contribution in [2.75, 3.05) is 33.4 Å². The molecule has 0 radical (unpaired) electrons. The molecule has 1 atom stereocenters. The summed E-state index contributed by atoms with van der Waals surface area (Å²) >= 11 is 0. The summed E-state index contributed by atoms with van der Waals surface area (Å²) in [5.74, 6) is 0. The molecule has 0 spiro atoms. The van der Waals surface area contributed by atoms with Crippen molar-refractivity contribution in [2.24, 2.45) is 0 Å². The second-order valence-corrected chi connectivity index (χ2v) is 6.27. The Bertz CT molecular complexity index is 434. The highest BCUT2D eigenvalue weighted by molar-refractivity contribution is 5.30. The minimum Gasteiger partial charge on any atom is -0.389 e. The Morgan fingerprint density at radius 2 is 1.91 bits per heavy atom. The fourth-order valence-electron chi connectivity index (χ4n) is 2.30. The summed E-state index contributed by atoms with van der Waals surface area (Å²) in [5.41, 5.74) is 3.86. The molecule has 0 aliphatic carbocycles. The lowest BCUT2D eigenvalue weighted by molar-refractivity contribution is -0.0174. The second kappa shape index (κ2) is 9.95. The van der Waals surface area contributed by atoms with Gasteiger partial charge in [-0.3, -0.25) is 4.90 Å². The van der Waals surface area contributed by atoms with Crippen LogP contribution in [0.4, 0.5) is 0 Å². The van der Waals surface area contributed by atoms with Gasteiger partial charge in [0.05, 0.1) is 32.0 Å². The molecule has 0 unspecified atom stereocenters. The molecule has 0 aliphatic heterocycles. The van der Waals surface area contributed by atoms with Crippen LogP contribution in [0.25, 0.3) is 0 Å². The van der Waals surface area contributed by atoms with E-state index in [1.165, 1.54) is 16.7 Å². The third-order valence-electron chi connectivity index (χ3n) is 3.46. The highest BCUT2D eigenvalue weighted by atomic mass is 16.5. The van der Waals surface area contributed by atoms with Crippen molar-refractivity contribution in [3.8, 4) is 0 Å². The fraction of sp³-hybridized carbons (Fsp3) is 0.667. The predicted molar refractivity (Wildman–Crippen MR) is 90.2 cm³/mol. The zero-order valence-electron chi connectivity index (χ0n) is 14.6. The lowest BCUT2D eigenvalue weighted by Crippen LogP contribution is -2.32. The molecular weight excluding hydrogens is 278 g/mol. The zero-order chi connectivity index (χ0) is 16.5. The van der Waals surface area contributed by atoms with Crippen LogP contribution in [0, 0.1) is 13.8 Å². The van der Waals surface area contributed by atoms with Crippen molar-refractivity contribution in [1.82, 2.24) is 4.90 Å². The molecule has 0 bridgehead atoms. The molecule has 0 saturated carbocycles. The number of aliphatic hydroxyl groups excluding tert-OH is 1. The molecule has 1 rings (SSSR count). The van der Waals surface area contributed by atoms with Crippen LogP contribution in [0.15, 0.2) is 18.2 Å². The van der Waals surface area contributed by atoms with Gasteiger partial charge in [-0.1, -0.05) is 23.8 Å². The van der Waals surface area contributed by atoms with E-state index in [0.29, 0.717) is 26.4 Å². The Labute approximate surface area is 135 Å². The molecule has 1 N–H and O–H groups in total. The second-order valence-electron chi connectivity index (χ2n) is 6.27. The smallest absolute Gasteiger partial charge is 0.0900 e. The molecule has 0 aromatic heterocycles. The molecule has 0 aliphatic rings. The third-order valence-corrected chi connectivity index (χ3v) is 3.46. The lowest BCUT2D eigenvalue weighted by Gasteiger charge is -2.21. The van der Waals surface area contributed by atoms with Gasteiger partial charge in [0.15, 0.2) is 0 Å². The average Bonchev–Trinajstić information content (AvgIpc) is 2.42. The summed E-state index contributed by atoms with van der Waals surface area (Å²) < 4.78 is 10.8. The van der Waals surface area contributed by atoms with E-state index in [1.54, 1.807) is 0 Å². The normalized spacial score (nSPS) is 13.1. The molecule has 126 valence electrons. The van der Waals surface area contributed by atoms with E-state index in [2.05, 4.69) is 36.9 Å². The number of hydrogen-bond donors (Lipinski definition) is 1. The van der Waals surface area contributed by atoms with Crippen molar-refractivity contribution in [2.45, 2.75) is 46.4 Å². The Kier molecular flexibility index (Phi) is 8.64. The molecule has 1 aromatic carbocycles. The Morgan fingerprint density at radius 3 is 2.59 bits per heavy atom. The van der Waals surface area contributed by atoms with Gasteiger partial charge in [-0.25, -0.2) is 0 Å². The van der Waals surface area contributed by atoms with E-state index >= 15 is 0 Å². The number of aliphatic hydroxyl groups is 1. The number of hydrogen-bond acceptors (Lipinski definition) is 4. The Hall–Kier alpha value is -0.940. The Morgan fingerprint density at radius 1 is 1.18 bits per heavy atom. The number of rotatable bonds is 10. The SMILES string of the molecule is Cc1ccc(C)c(CN(C)C[C@@H](O)COCCOC(C)C)c1. The van der Waals surface area contributed by atoms with Gasteiger partial charge < -0.3 is 14.6 Å². The van der Waals surface area contributed by atoms with Gasteiger partial charge in [0.2, 0.25) is 0 Å². The number of benzene rings is 1. The van der Waals surface area contributed by atoms with E-state index in [1.807, 2.05) is 20.9 Å². The van der Waals surface area contributed by atoms with Gasteiger partial charge >= 0.3 is 0 Å². The van der Waals surface area contributed by atoms with Crippen LogP contribution in [-0.2, 0) is 16.0 Å². The van der Waals surface area contributed by atoms with Crippen molar-refractivity contribution in [3.63, 3.8) is 0 Å². The van der Waals surface area contributed by atoms with Gasteiger partial charge in [-0.15, -0.1) is 0 Å². The summed E-state index contributed by atoms with van der Waals surface area (Å²) in [4.78, 5) is 2.13. The standard InChI is InChI=1S/C18H31NO3/c1-14(2)22-9-8-21-13-18(20)12-19(5)11-17-10-15(3)6-7-16(17)4/h6-7,10,14,18,20H,8-9,11-13H2,1-5H3/t18-/m1/s1. The van der Waals surface area contributed by atoms with Crippen LogP contribution in [0.1, 0.15) is 30.5 Å². The minimum absolute atomic E-state index is 0.220.